The van der Waals surface area contributed by atoms with Crippen molar-refractivity contribution in [2.45, 2.75) is 45.1 Å². The summed E-state index contributed by atoms with van der Waals surface area (Å²) in [6.07, 6.45) is 7.26. The lowest BCUT2D eigenvalue weighted by Gasteiger charge is -2.37. The van der Waals surface area contributed by atoms with Gasteiger partial charge in [0.05, 0.1) is 12.1 Å². The van der Waals surface area contributed by atoms with Gasteiger partial charge in [0.2, 0.25) is 5.91 Å². The minimum Gasteiger partial charge on any atom is -0.455 e. The number of rotatable bonds is 4. The van der Waals surface area contributed by atoms with Crippen LogP contribution in [0.3, 0.4) is 0 Å². The molecular weight excluding hydrogens is 385 g/mol. The Morgan fingerprint density at radius 2 is 2.07 bits per heavy atom. The van der Waals surface area contributed by atoms with Gasteiger partial charge in [-0.3, -0.25) is 9.78 Å². The zero-order chi connectivity index (χ0) is 17.9. The highest BCUT2D eigenvalue weighted by molar-refractivity contribution is 5.93. The number of amides is 1. The smallest absolute Gasteiger partial charge is 0.229 e. The lowest BCUT2D eigenvalue weighted by molar-refractivity contribution is -0.122. The van der Waals surface area contributed by atoms with Crippen molar-refractivity contribution in [3.8, 4) is 11.5 Å². The molecular formula is C20H27Cl2N3O2. The molecule has 1 aliphatic carbocycles. The van der Waals surface area contributed by atoms with Crippen LogP contribution in [0.4, 0.5) is 5.69 Å². The van der Waals surface area contributed by atoms with Crippen LogP contribution in [-0.4, -0.2) is 16.4 Å². The topological polar surface area (TPSA) is 77.2 Å². The monoisotopic (exact) mass is 411 g/mol. The molecule has 0 saturated heterocycles. The van der Waals surface area contributed by atoms with Gasteiger partial charge in [-0.25, -0.2) is 0 Å². The highest BCUT2D eigenvalue weighted by Gasteiger charge is 2.37. The van der Waals surface area contributed by atoms with Gasteiger partial charge in [-0.15, -0.1) is 24.8 Å². The Balaban J connectivity index is 0.00000182. The molecule has 3 rings (SSSR count). The summed E-state index contributed by atoms with van der Waals surface area (Å²) in [4.78, 5) is 16.7. The van der Waals surface area contributed by atoms with E-state index in [9.17, 15) is 4.79 Å². The first-order chi connectivity index (χ1) is 12.0. The molecule has 0 aliphatic heterocycles. The van der Waals surface area contributed by atoms with E-state index in [0.717, 1.165) is 42.7 Å². The molecule has 1 aliphatic rings. The minimum absolute atomic E-state index is 0. The van der Waals surface area contributed by atoms with E-state index in [1.54, 1.807) is 12.4 Å². The summed E-state index contributed by atoms with van der Waals surface area (Å²) in [6.45, 7) is 3.93. The minimum atomic E-state index is -0.430. The van der Waals surface area contributed by atoms with Gasteiger partial charge in [0.25, 0.3) is 0 Å². The molecule has 2 atom stereocenters. The summed E-state index contributed by atoms with van der Waals surface area (Å²) in [6, 6.07) is 9.31. The number of nitrogens with zero attached hydrogens (tertiary/aromatic N) is 1. The summed E-state index contributed by atoms with van der Waals surface area (Å²) in [5.41, 5.74) is 7.61. The second-order valence-electron chi connectivity index (χ2n) is 7.06. The second kappa shape index (κ2) is 9.93. The molecule has 2 unspecified atom stereocenters. The van der Waals surface area contributed by atoms with Crippen LogP contribution in [-0.2, 0) is 4.79 Å². The van der Waals surface area contributed by atoms with Crippen LogP contribution >= 0.6 is 24.8 Å². The van der Waals surface area contributed by atoms with Gasteiger partial charge in [0.1, 0.15) is 11.5 Å². The van der Waals surface area contributed by atoms with Gasteiger partial charge in [-0.2, -0.15) is 0 Å². The lowest BCUT2D eigenvalue weighted by Crippen LogP contribution is -2.51. The van der Waals surface area contributed by atoms with E-state index < -0.39 is 5.54 Å². The Morgan fingerprint density at radius 3 is 2.70 bits per heavy atom. The van der Waals surface area contributed by atoms with E-state index in [2.05, 4.69) is 10.3 Å². The predicted octanol–water partition coefficient (Wildman–Crippen LogP) is 4.87. The molecule has 2 aromatic rings. The van der Waals surface area contributed by atoms with Gasteiger partial charge < -0.3 is 15.8 Å². The third-order valence-corrected chi connectivity index (χ3v) is 4.88. The molecule has 1 amide bonds. The van der Waals surface area contributed by atoms with Crippen LogP contribution in [0, 0.1) is 12.8 Å². The van der Waals surface area contributed by atoms with Crippen molar-refractivity contribution in [3.05, 3.63) is 48.3 Å². The number of benzene rings is 1. The molecule has 7 heteroatoms. The van der Waals surface area contributed by atoms with E-state index in [1.165, 1.54) is 0 Å². The highest BCUT2D eigenvalue weighted by atomic mass is 35.5. The van der Waals surface area contributed by atoms with Crippen molar-refractivity contribution in [3.63, 3.8) is 0 Å². The van der Waals surface area contributed by atoms with Gasteiger partial charge in [0, 0.05) is 17.4 Å². The number of nitrogens with two attached hydrogens (primary N) is 1. The van der Waals surface area contributed by atoms with Crippen molar-refractivity contribution in [2.75, 3.05) is 5.32 Å². The zero-order valence-corrected chi connectivity index (χ0v) is 17.2. The van der Waals surface area contributed by atoms with Crippen molar-refractivity contribution < 1.29 is 9.53 Å². The Kier molecular flexibility index (Phi) is 8.54. The molecule has 27 heavy (non-hydrogen) atoms. The van der Waals surface area contributed by atoms with Crippen LogP contribution in [0.25, 0.3) is 0 Å². The van der Waals surface area contributed by atoms with Crippen LogP contribution in [0.15, 0.2) is 42.7 Å². The average Bonchev–Trinajstić information content (AvgIpc) is 2.58. The largest absolute Gasteiger partial charge is 0.455 e. The van der Waals surface area contributed by atoms with Crippen molar-refractivity contribution in [1.82, 2.24) is 4.98 Å². The van der Waals surface area contributed by atoms with E-state index in [1.807, 2.05) is 44.2 Å². The second-order valence-corrected chi connectivity index (χ2v) is 7.06. The molecule has 3 N–H and O–H groups in total. The van der Waals surface area contributed by atoms with Gasteiger partial charge in [-0.05, 0) is 62.6 Å². The van der Waals surface area contributed by atoms with Crippen LogP contribution in [0.2, 0.25) is 0 Å². The zero-order valence-electron chi connectivity index (χ0n) is 15.6. The summed E-state index contributed by atoms with van der Waals surface area (Å²) < 4.78 is 5.82. The molecule has 0 spiro atoms. The maximum atomic E-state index is 12.6. The van der Waals surface area contributed by atoms with Crippen LogP contribution in [0.5, 0.6) is 11.5 Å². The van der Waals surface area contributed by atoms with Crippen LogP contribution < -0.4 is 15.8 Å². The Hall–Kier alpha value is -1.82. The molecule has 0 bridgehead atoms. The number of hydrogen-bond acceptors (Lipinski definition) is 4. The fourth-order valence-electron chi connectivity index (χ4n) is 3.39. The maximum Gasteiger partial charge on any atom is 0.229 e. The average molecular weight is 412 g/mol. The number of hydrogen-bond donors (Lipinski definition) is 2. The van der Waals surface area contributed by atoms with Crippen LogP contribution in [0.1, 0.15) is 38.2 Å². The third-order valence-electron chi connectivity index (χ3n) is 4.88. The van der Waals surface area contributed by atoms with Crippen molar-refractivity contribution >= 4 is 36.4 Å². The van der Waals surface area contributed by atoms with Crippen molar-refractivity contribution in [2.24, 2.45) is 11.7 Å². The number of aromatic nitrogens is 1. The number of ether oxygens (including phenoxy) is 1. The number of halogens is 2. The number of carbonyl (C=O) groups is 1. The summed E-state index contributed by atoms with van der Waals surface area (Å²) in [5, 5.41) is 3.01. The van der Waals surface area contributed by atoms with Gasteiger partial charge >= 0.3 is 0 Å². The summed E-state index contributed by atoms with van der Waals surface area (Å²) in [7, 11) is 0. The number of aryl methyl sites for hydroxylation is 1. The third kappa shape index (κ3) is 5.83. The molecule has 1 heterocycles. The standard InChI is InChI=1S/C20H25N3O2.2ClH/c1-14-12-15(8-9-18(14)25-16-6-5-11-22-13-16)23-19(24)17-7-3-4-10-20(17,2)21;;/h5-6,8-9,11-13,17H,3-4,7,10,21H2,1-2H3,(H,23,24);2*1H. The lowest BCUT2D eigenvalue weighted by atomic mass is 9.74. The Bertz CT molecular complexity index is 754. The molecule has 148 valence electrons. The normalized spacial score (nSPS) is 21.4. The fourth-order valence-corrected chi connectivity index (χ4v) is 3.39. The fraction of sp³-hybridized carbons (Fsp3) is 0.400. The summed E-state index contributed by atoms with van der Waals surface area (Å²) >= 11 is 0. The molecule has 1 aromatic carbocycles. The SMILES string of the molecule is Cc1cc(NC(=O)C2CCCCC2(C)N)ccc1Oc1cccnc1.Cl.Cl. The Labute approximate surface area is 172 Å². The molecule has 0 radical (unpaired) electrons. The number of nitrogens with one attached hydrogen (secondary N) is 1. The quantitative estimate of drug-likeness (QED) is 0.751. The van der Waals surface area contributed by atoms with Gasteiger partial charge in [-0.1, -0.05) is 12.8 Å². The van der Waals surface area contributed by atoms with E-state index >= 15 is 0 Å². The highest BCUT2D eigenvalue weighted by Crippen LogP contribution is 2.33. The predicted molar refractivity (Wildman–Crippen MR) is 113 cm³/mol. The number of anilines is 1. The number of pyridine rings is 1. The summed E-state index contributed by atoms with van der Waals surface area (Å²) in [5.74, 6) is 1.29. The first-order valence-corrected chi connectivity index (χ1v) is 8.74. The molecule has 1 saturated carbocycles. The maximum absolute atomic E-state index is 12.6. The van der Waals surface area contributed by atoms with Gasteiger partial charge in [0.15, 0.2) is 0 Å². The molecule has 5 nitrogen and oxygen atoms in total. The van der Waals surface area contributed by atoms with E-state index in [4.69, 9.17) is 10.5 Å². The first kappa shape index (κ1) is 23.2. The van der Waals surface area contributed by atoms with Crippen molar-refractivity contribution in [1.29, 1.82) is 0 Å². The molecule has 1 fully saturated rings. The number of carbonyl (C=O) groups excluding carboxylic acids is 1. The molecule has 1 aromatic heterocycles. The van der Waals surface area contributed by atoms with E-state index in [0.29, 0.717) is 5.75 Å². The first-order valence-electron chi connectivity index (χ1n) is 8.74. The Morgan fingerprint density at radius 1 is 1.30 bits per heavy atom. The van der Waals surface area contributed by atoms with E-state index in [-0.39, 0.29) is 36.6 Å².